The Bertz CT molecular complexity index is 559. The van der Waals surface area contributed by atoms with E-state index in [1.165, 1.54) is 0 Å². The van der Waals surface area contributed by atoms with E-state index in [1.54, 1.807) is 20.4 Å². The summed E-state index contributed by atoms with van der Waals surface area (Å²) >= 11 is 0. The monoisotopic (exact) mass is 377 g/mol. The Morgan fingerprint density at radius 3 is 2.41 bits per heavy atom. The van der Waals surface area contributed by atoms with Gasteiger partial charge in [-0.2, -0.15) is 0 Å². The van der Waals surface area contributed by atoms with Crippen molar-refractivity contribution in [3.8, 4) is 0 Å². The molecule has 2 heterocycles. The SMILES string of the molecule is COCCN1CCN(C(CCOC)(CC(C)C)C(=O)c2ccccn2)CC1. The molecule has 6 heteroatoms. The first-order chi connectivity index (χ1) is 13.0. The van der Waals surface area contributed by atoms with Crippen LogP contribution in [0.3, 0.4) is 0 Å². The second-order valence-corrected chi connectivity index (χ2v) is 7.74. The van der Waals surface area contributed by atoms with Crippen molar-refractivity contribution >= 4 is 5.78 Å². The summed E-state index contributed by atoms with van der Waals surface area (Å²) in [6.07, 6.45) is 3.20. The zero-order chi connectivity index (χ0) is 19.7. The van der Waals surface area contributed by atoms with Crippen LogP contribution in [0.15, 0.2) is 24.4 Å². The minimum Gasteiger partial charge on any atom is -0.385 e. The van der Waals surface area contributed by atoms with E-state index in [2.05, 4.69) is 28.6 Å². The number of nitrogens with zero attached hydrogens (tertiary/aromatic N) is 3. The highest BCUT2D eigenvalue weighted by molar-refractivity contribution is 6.01. The Labute approximate surface area is 163 Å². The molecule has 0 aliphatic carbocycles. The van der Waals surface area contributed by atoms with Gasteiger partial charge in [-0.15, -0.1) is 0 Å². The van der Waals surface area contributed by atoms with E-state index < -0.39 is 5.54 Å². The van der Waals surface area contributed by atoms with Crippen molar-refractivity contribution in [3.05, 3.63) is 30.1 Å². The highest BCUT2D eigenvalue weighted by Crippen LogP contribution is 2.32. The Kier molecular flexibility index (Phi) is 8.83. The van der Waals surface area contributed by atoms with Crippen LogP contribution < -0.4 is 0 Å². The van der Waals surface area contributed by atoms with Crippen LogP contribution in [0.2, 0.25) is 0 Å². The average Bonchev–Trinajstić information content (AvgIpc) is 2.70. The Balaban J connectivity index is 2.26. The van der Waals surface area contributed by atoms with Crippen LogP contribution in [-0.2, 0) is 9.47 Å². The summed E-state index contributed by atoms with van der Waals surface area (Å²) in [5.74, 6) is 0.528. The molecule has 2 rings (SSSR count). The molecule has 6 nitrogen and oxygen atoms in total. The molecule has 1 atom stereocenters. The minimum atomic E-state index is -0.564. The van der Waals surface area contributed by atoms with Gasteiger partial charge < -0.3 is 9.47 Å². The van der Waals surface area contributed by atoms with Gasteiger partial charge in [-0.1, -0.05) is 19.9 Å². The summed E-state index contributed by atoms with van der Waals surface area (Å²) in [5, 5.41) is 0. The van der Waals surface area contributed by atoms with E-state index in [1.807, 2.05) is 18.2 Å². The third-order valence-corrected chi connectivity index (χ3v) is 5.38. The molecular formula is C21H35N3O3. The quantitative estimate of drug-likeness (QED) is 0.552. The molecule has 1 aliphatic rings. The molecule has 152 valence electrons. The third kappa shape index (κ3) is 5.82. The van der Waals surface area contributed by atoms with E-state index in [4.69, 9.17) is 9.47 Å². The maximum Gasteiger partial charge on any atom is 0.201 e. The van der Waals surface area contributed by atoms with Gasteiger partial charge in [0.25, 0.3) is 0 Å². The first kappa shape index (κ1) is 22.0. The number of ether oxygens (including phenoxy) is 2. The minimum absolute atomic E-state index is 0.124. The summed E-state index contributed by atoms with van der Waals surface area (Å²) in [4.78, 5) is 22.8. The lowest BCUT2D eigenvalue weighted by Crippen LogP contribution is -2.62. The summed E-state index contributed by atoms with van der Waals surface area (Å²) in [7, 11) is 3.44. The number of Topliss-reactive ketones (excluding diaryl/α,β-unsaturated/α-hetero) is 1. The van der Waals surface area contributed by atoms with E-state index in [9.17, 15) is 4.79 Å². The molecule has 0 aromatic carbocycles. The molecule has 1 saturated heterocycles. The van der Waals surface area contributed by atoms with Crippen LogP contribution in [0.25, 0.3) is 0 Å². The summed E-state index contributed by atoms with van der Waals surface area (Å²) in [6, 6.07) is 5.57. The fourth-order valence-corrected chi connectivity index (χ4v) is 4.04. The molecule has 0 N–H and O–H groups in total. The van der Waals surface area contributed by atoms with Gasteiger partial charge in [0.2, 0.25) is 5.78 Å². The lowest BCUT2D eigenvalue weighted by Gasteiger charge is -2.47. The topological polar surface area (TPSA) is 54.9 Å². The highest BCUT2D eigenvalue weighted by atomic mass is 16.5. The molecule has 0 spiro atoms. The molecule has 1 unspecified atom stereocenters. The van der Waals surface area contributed by atoms with Gasteiger partial charge in [0, 0.05) is 59.7 Å². The number of methoxy groups -OCH3 is 2. The van der Waals surface area contributed by atoms with Crippen molar-refractivity contribution in [1.82, 2.24) is 14.8 Å². The number of carbonyl (C=O) groups excluding carboxylic acids is 1. The highest BCUT2D eigenvalue weighted by Gasteiger charge is 2.45. The number of carbonyl (C=O) groups is 1. The second kappa shape index (κ2) is 10.9. The van der Waals surface area contributed by atoms with Crippen LogP contribution in [0.5, 0.6) is 0 Å². The maximum atomic E-state index is 13.7. The summed E-state index contributed by atoms with van der Waals surface area (Å²) in [6.45, 7) is 10.3. The molecule has 0 bridgehead atoms. The van der Waals surface area contributed by atoms with Crippen molar-refractivity contribution in [2.24, 2.45) is 5.92 Å². The fourth-order valence-electron chi connectivity index (χ4n) is 4.04. The van der Waals surface area contributed by atoms with Crippen molar-refractivity contribution < 1.29 is 14.3 Å². The Morgan fingerprint density at radius 1 is 1.15 bits per heavy atom. The van der Waals surface area contributed by atoms with Crippen LogP contribution >= 0.6 is 0 Å². The molecule has 1 fully saturated rings. The standard InChI is InChI=1S/C21H35N3O3/c1-18(2)17-21(8-15-26-3,20(25)19-7-5-6-9-22-19)24-12-10-23(11-13-24)14-16-27-4/h5-7,9,18H,8,10-17H2,1-4H3. The number of rotatable bonds is 11. The second-order valence-electron chi connectivity index (χ2n) is 7.74. The molecule has 27 heavy (non-hydrogen) atoms. The van der Waals surface area contributed by atoms with E-state index in [0.29, 0.717) is 24.6 Å². The zero-order valence-electron chi connectivity index (χ0n) is 17.3. The fraction of sp³-hybridized carbons (Fsp3) is 0.714. The average molecular weight is 378 g/mol. The van der Waals surface area contributed by atoms with Crippen LogP contribution in [0, 0.1) is 5.92 Å². The lowest BCUT2D eigenvalue weighted by atomic mass is 9.78. The van der Waals surface area contributed by atoms with Crippen LogP contribution in [0.1, 0.15) is 37.2 Å². The van der Waals surface area contributed by atoms with Gasteiger partial charge in [0.1, 0.15) is 5.69 Å². The first-order valence-corrected chi connectivity index (χ1v) is 9.94. The van der Waals surface area contributed by atoms with Crippen LogP contribution in [0.4, 0.5) is 0 Å². The van der Waals surface area contributed by atoms with Gasteiger partial charge >= 0.3 is 0 Å². The zero-order valence-corrected chi connectivity index (χ0v) is 17.3. The van der Waals surface area contributed by atoms with Gasteiger partial charge in [-0.05, 0) is 30.9 Å². The number of ketones is 1. The van der Waals surface area contributed by atoms with Gasteiger partial charge in [-0.25, -0.2) is 0 Å². The molecule has 0 radical (unpaired) electrons. The van der Waals surface area contributed by atoms with Crippen molar-refractivity contribution in [3.63, 3.8) is 0 Å². The van der Waals surface area contributed by atoms with Gasteiger partial charge in [0.05, 0.1) is 12.1 Å². The van der Waals surface area contributed by atoms with Gasteiger partial charge in [0.15, 0.2) is 0 Å². The molecule has 0 saturated carbocycles. The van der Waals surface area contributed by atoms with Crippen molar-refractivity contribution in [2.45, 2.75) is 32.2 Å². The van der Waals surface area contributed by atoms with Crippen molar-refractivity contribution in [2.75, 3.05) is 60.2 Å². The van der Waals surface area contributed by atoms with E-state index in [-0.39, 0.29) is 5.78 Å². The number of piperazine rings is 1. The summed E-state index contributed by atoms with van der Waals surface area (Å²) in [5.41, 5.74) is -0.0117. The van der Waals surface area contributed by atoms with Crippen molar-refractivity contribution in [1.29, 1.82) is 0 Å². The number of hydrogen-bond donors (Lipinski definition) is 0. The van der Waals surface area contributed by atoms with Crippen LogP contribution in [-0.4, -0.2) is 86.3 Å². The number of pyridine rings is 1. The molecule has 1 aromatic rings. The van der Waals surface area contributed by atoms with E-state index in [0.717, 1.165) is 45.8 Å². The maximum absolute atomic E-state index is 13.7. The number of hydrogen-bond acceptors (Lipinski definition) is 6. The predicted molar refractivity (Wildman–Crippen MR) is 107 cm³/mol. The first-order valence-electron chi connectivity index (χ1n) is 9.94. The molecule has 1 aromatic heterocycles. The predicted octanol–water partition coefficient (Wildman–Crippen LogP) is 2.35. The Morgan fingerprint density at radius 2 is 1.85 bits per heavy atom. The molecular weight excluding hydrogens is 342 g/mol. The largest absolute Gasteiger partial charge is 0.385 e. The molecule has 0 amide bonds. The summed E-state index contributed by atoms with van der Waals surface area (Å²) < 4.78 is 10.6. The number of aromatic nitrogens is 1. The molecule has 1 aliphatic heterocycles. The van der Waals surface area contributed by atoms with Gasteiger partial charge in [-0.3, -0.25) is 19.6 Å². The lowest BCUT2D eigenvalue weighted by molar-refractivity contribution is 0.00139. The normalized spacial score (nSPS) is 18.6. The third-order valence-electron chi connectivity index (χ3n) is 5.38. The smallest absolute Gasteiger partial charge is 0.201 e. The Hall–Kier alpha value is -1.34. The van der Waals surface area contributed by atoms with E-state index >= 15 is 0 Å².